The normalized spacial score (nSPS) is 18.4. The lowest BCUT2D eigenvalue weighted by Gasteiger charge is -2.35. The van der Waals surface area contributed by atoms with Crippen LogP contribution in [0.3, 0.4) is 0 Å². The number of carbonyl (C=O) groups is 1. The van der Waals surface area contributed by atoms with Crippen LogP contribution in [0.15, 0.2) is 79.0 Å². The van der Waals surface area contributed by atoms with Crippen molar-refractivity contribution in [3.63, 3.8) is 0 Å². The highest BCUT2D eigenvalue weighted by Crippen LogP contribution is 2.41. The Bertz CT molecular complexity index is 1380. The zero-order valence-electron chi connectivity index (χ0n) is 20.5. The number of benzene rings is 3. The van der Waals surface area contributed by atoms with Crippen molar-refractivity contribution in [1.29, 1.82) is 0 Å². The number of aromatic hydroxyl groups is 1. The fourth-order valence-electron chi connectivity index (χ4n) is 5.73. The van der Waals surface area contributed by atoms with Crippen molar-refractivity contribution < 1.29 is 14.3 Å². The van der Waals surface area contributed by atoms with Crippen LogP contribution in [0.4, 0.5) is 4.39 Å². The van der Waals surface area contributed by atoms with E-state index in [2.05, 4.69) is 10.3 Å². The van der Waals surface area contributed by atoms with E-state index >= 15 is 0 Å². The van der Waals surface area contributed by atoms with Crippen LogP contribution in [0.25, 0.3) is 10.9 Å². The zero-order valence-corrected chi connectivity index (χ0v) is 21.3. The number of pyridine rings is 1. The van der Waals surface area contributed by atoms with Crippen molar-refractivity contribution in [1.82, 2.24) is 10.3 Å². The molecular formula is C31H30ClFN2O2. The molecule has 1 aliphatic rings. The summed E-state index contributed by atoms with van der Waals surface area (Å²) in [6.07, 6.45) is 6.60. The van der Waals surface area contributed by atoms with Crippen LogP contribution >= 0.6 is 11.6 Å². The van der Waals surface area contributed by atoms with E-state index in [0.717, 1.165) is 37.5 Å². The Morgan fingerprint density at radius 3 is 2.51 bits per heavy atom. The van der Waals surface area contributed by atoms with Crippen LogP contribution in [-0.2, 0) is 6.42 Å². The number of rotatable bonds is 7. The molecule has 0 saturated heterocycles. The minimum Gasteiger partial charge on any atom is -0.507 e. The highest BCUT2D eigenvalue weighted by atomic mass is 35.5. The summed E-state index contributed by atoms with van der Waals surface area (Å²) < 4.78 is 14.3. The summed E-state index contributed by atoms with van der Waals surface area (Å²) in [6.45, 7) is 0.522. The van der Waals surface area contributed by atoms with Crippen molar-refractivity contribution >= 4 is 28.4 Å². The zero-order chi connectivity index (χ0) is 25.8. The van der Waals surface area contributed by atoms with Gasteiger partial charge >= 0.3 is 0 Å². The van der Waals surface area contributed by atoms with Gasteiger partial charge in [0.1, 0.15) is 17.1 Å². The van der Waals surface area contributed by atoms with E-state index in [9.17, 15) is 14.3 Å². The first-order chi connectivity index (χ1) is 18.0. The SMILES string of the molecule is O=C(NC[C@H](Cc1ccc(Cl)cc1)C1CCC(c2ccnc3c(F)cccc23)CC1)c1ccccc1O. The van der Waals surface area contributed by atoms with Gasteiger partial charge in [-0.1, -0.05) is 48.0 Å². The van der Waals surface area contributed by atoms with Crippen molar-refractivity contribution in [2.45, 2.75) is 38.0 Å². The van der Waals surface area contributed by atoms with Gasteiger partial charge < -0.3 is 10.4 Å². The summed E-state index contributed by atoms with van der Waals surface area (Å²) in [5.41, 5.74) is 3.08. The van der Waals surface area contributed by atoms with Gasteiger partial charge in [0.25, 0.3) is 5.91 Å². The summed E-state index contributed by atoms with van der Waals surface area (Å²) in [6, 6.07) is 21.7. The summed E-state index contributed by atoms with van der Waals surface area (Å²) in [5, 5.41) is 14.8. The summed E-state index contributed by atoms with van der Waals surface area (Å²) in [4.78, 5) is 17.1. The van der Waals surface area contributed by atoms with Gasteiger partial charge in [0.05, 0.1) is 5.56 Å². The largest absolute Gasteiger partial charge is 0.507 e. The van der Waals surface area contributed by atoms with E-state index in [-0.39, 0.29) is 29.0 Å². The molecule has 0 unspecified atom stereocenters. The van der Waals surface area contributed by atoms with Crippen molar-refractivity contribution in [2.24, 2.45) is 11.8 Å². The number of phenolic OH excluding ortho intramolecular Hbond substituents is 1. The summed E-state index contributed by atoms with van der Waals surface area (Å²) >= 11 is 6.10. The van der Waals surface area contributed by atoms with Gasteiger partial charge in [-0.25, -0.2) is 4.39 Å². The van der Waals surface area contributed by atoms with Gasteiger partial charge in [-0.15, -0.1) is 0 Å². The number of nitrogens with one attached hydrogen (secondary N) is 1. The number of carbonyl (C=O) groups excluding carboxylic acids is 1. The Balaban J connectivity index is 1.31. The topological polar surface area (TPSA) is 62.2 Å². The lowest BCUT2D eigenvalue weighted by molar-refractivity contribution is 0.0934. The minimum absolute atomic E-state index is 0.0178. The van der Waals surface area contributed by atoms with Crippen LogP contribution in [0.5, 0.6) is 5.75 Å². The van der Waals surface area contributed by atoms with Crippen LogP contribution in [-0.4, -0.2) is 22.5 Å². The Morgan fingerprint density at radius 1 is 1.00 bits per heavy atom. The molecule has 4 nitrogen and oxygen atoms in total. The molecule has 190 valence electrons. The van der Waals surface area contributed by atoms with Crippen molar-refractivity contribution in [2.75, 3.05) is 6.54 Å². The van der Waals surface area contributed by atoms with E-state index in [1.54, 1.807) is 30.5 Å². The smallest absolute Gasteiger partial charge is 0.255 e. The maximum absolute atomic E-state index is 14.3. The molecular weight excluding hydrogens is 487 g/mol. The molecule has 3 aromatic carbocycles. The summed E-state index contributed by atoms with van der Waals surface area (Å²) in [5.74, 6) is 0.464. The molecule has 4 aromatic rings. The highest BCUT2D eigenvalue weighted by molar-refractivity contribution is 6.30. The number of hydrogen-bond donors (Lipinski definition) is 2. The van der Waals surface area contributed by atoms with Gasteiger partial charge in [0.15, 0.2) is 0 Å². The predicted molar refractivity (Wildman–Crippen MR) is 145 cm³/mol. The Morgan fingerprint density at radius 2 is 1.76 bits per heavy atom. The van der Waals surface area contributed by atoms with E-state index in [1.807, 2.05) is 36.4 Å². The van der Waals surface area contributed by atoms with Gasteiger partial charge in [-0.3, -0.25) is 9.78 Å². The molecule has 1 heterocycles. The number of para-hydroxylation sites is 2. The first-order valence-electron chi connectivity index (χ1n) is 12.8. The number of amides is 1. The Labute approximate surface area is 221 Å². The molecule has 1 aromatic heterocycles. The van der Waals surface area contributed by atoms with Crippen molar-refractivity contribution in [3.05, 3.63) is 107 Å². The molecule has 1 fully saturated rings. The number of nitrogens with zero attached hydrogens (tertiary/aromatic N) is 1. The fraction of sp³-hybridized carbons (Fsp3) is 0.290. The van der Waals surface area contributed by atoms with E-state index in [4.69, 9.17) is 11.6 Å². The van der Waals surface area contributed by atoms with Crippen LogP contribution in [0.2, 0.25) is 5.02 Å². The second-order valence-corrected chi connectivity index (χ2v) is 10.4. The first-order valence-corrected chi connectivity index (χ1v) is 13.2. The minimum atomic E-state index is -0.281. The van der Waals surface area contributed by atoms with Crippen LogP contribution in [0, 0.1) is 17.7 Å². The van der Waals surface area contributed by atoms with Gasteiger partial charge in [0, 0.05) is 23.2 Å². The lowest BCUT2D eigenvalue weighted by atomic mass is 9.72. The number of halogens is 2. The molecule has 1 atom stereocenters. The average Bonchev–Trinajstić information content (AvgIpc) is 2.92. The van der Waals surface area contributed by atoms with E-state index < -0.39 is 0 Å². The molecule has 0 aliphatic heterocycles. The van der Waals surface area contributed by atoms with E-state index in [1.165, 1.54) is 23.3 Å². The standard InChI is InChI=1S/C31H30ClFN2O2/c32-24-14-8-20(9-15-24)18-23(19-35-31(37)27-4-1-2-7-29(27)36)21-10-12-22(13-11-21)25-16-17-34-30-26(25)5-3-6-28(30)33/h1-9,14-17,21-23,36H,10-13,18-19H2,(H,35,37)/t21?,22?,23-/m0/s1. The van der Waals surface area contributed by atoms with Gasteiger partial charge in [-0.05, 0) is 97.4 Å². The first kappa shape index (κ1) is 25.2. The molecule has 0 radical (unpaired) electrons. The third kappa shape index (κ3) is 5.78. The summed E-state index contributed by atoms with van der Waals surface area (Å²) in [7, 11) is 0. The molecule has 0 bridgehead atoms. The van der Waals surface area contributed by atoms with E-state index in [0.29, 0.717) is 28.9 Å². The number of fused-ring (bicyclic) bond motifs is 1. The van der Waals surface area contributed by atoms with Crippen molar-refractivity contribution in [3.8, 4) is 5.75 Å². The predicted octanol–water partition coefficient (Wildman–Crippen LogP) is 7.30. The quantitative estimate of drug-likeness (QED) is 0.271. The number of hydrogen-bond acceptors (Lipinski definition) is 3. The van der Waals surface area contributed by atoms with Crippen LogP contribution < -0.4 is 5.32 Å². The highest BCUT2D eigenvalue weighted by Gasteiger charge is 2.30. The molecule has 6 heteroatoms. The fourth-order valence-corrected chi connectivity index (χ4v) is 5.86. The Hall–Kier alpha value is -3.44. The second-order valence-electron chi connectivity index (χ2n) is 9.97. The molecule has 1 saturated carbocycles. The molecule has 1 aliphatic carbocycles. The van der Waals surface area contributed by atoms with Crippen LogP contribution in [0.1, 0.15) is 53.1 Å². The third-order valence-electron chi connectivity index (χ3n) is 7.72. The Kier molecular flexibility index (Phi) is 7.71. The maximum Gasteiger partial charge on any atom is 0.255 e. The number of phenols is 1. The number of aromatic nitrogens is 1. The van der Waals surface area contributed by atoms with Gasteiger partial charge in [-0.2, -0.15) is 0 Å². The molecule has 0 spiro atoms. The third-order valence-corrected chi connectivity index (χ3v) is 7.97. The average molecular weight is 517 g/mol. The molecule has 1 amide bonds. The molecule has 37 heavy (non-hydrogen) atoms. The molecule has 5 rings (SSSR count). The monoisotopic (exact) mass is 516 g/mol. The lowest BCUT2D eigenvalue weighted by Crippen LogP contribution is -2.35. The second kappa shape index (κ2) is 11.3. The van der Waals surface area contributed by atoms with Gasteiger partial charge in [0.2, 0.25) is 0 Å². The maximum atomic E-state index is 14.3. The molecule has 2 N–H and O–H groups in total.